The van der Waals surface area contributed by atoms with Gasteiger partial charge >= 0.3 is 12.1 Å². The van der Waals surface area contributed by atoms with Crippen molar-refractivity contribution in [3.05, 3.63) is 71.2 Å². The van der Waals surface area contributed by atoms with Gasteiger partial charge in [-0.1, -0.05) is 47.6 Å². The first-order valence-corrected chi connectivity index (χ1v) is 12.3. The average molecular weight is 509 g/mol. The van der Waals surface area contributed by atoms with E-state index >= 15 is 4.39 Å². The molecule has 3 aromatic rings. The summed E-state index contributed by atoms with van der Waals surface area (Å²) in [6.07, 6.45) is 0.246. The van der Waals surface area contributed by atoms with Crippen molar-refractivity contribution in [3.63, 3.8) is 0 Å². The van der Waals surface area contributed by atoms with Crippen LogP contribution in [0.4, 0.5) is 14.9 Å². The summed E-state index contributed by atoms with van der Waals surface area (Å²) in [6.45, 7) is 5.57. The van der Waals surface area contributed by atoms with E-state index in [1.807, 2.05) is 37.3 Å². The van der Waals surface area contributed by atoms with Crippen LogP contribution in [0.1, 0.15) is 56.0 Å². The first-order valence-electron chi connectivity index (χ1n) is 12.3. The van der Waals surface area contributed by atoms with E-state index in [0.717, 1.165) is 12.0 Å². The zero-order chi connectivity index (χ0) is 26.4. The van der Waals surface area contributed by atoms with Crippen molar-refractivity contribution < 1.29 is 33.1 Å². The van der Waals surface area contributed by atoms with Gasteiger partial charge in [-0.15, -0.1) is 0 Å². The Kier molecular flexibility index (Phi) is 6.27. The molecule has 0 radical (unpaired) electrons. The third kappa shape index (κ3) is 4.83. The number of halogens is 1. The van der Waals surface area contributed by atoms with Crippen molar-refractivity contribution in [2.75, 3.05) is 11.9 Å². The van der Waals surface area contributed by atoms with E-state index in [4.69, 9.17) is 14.0 Å². The van der Waals surface area contributed by atoms with Crippen LogP contribution < -0.4 is 5.32 Å². The van der Waals surface area contributed by atoms with Gasteiger partial charge in [-0.25, -0.2) is 9.18 Å². The number of nitrogens with zero attached hydrogens (tertiary/aromatic N) is 1. The molecule has 194 valence electrons. The molecule has 2 fully saturated rings. The van der Waals surface area contributed by atoms with Gasteiger partial charge in [0.25, 0.3) is 0 Å². The molecule has 0 bridgehead atoms. The van der Waals surface area contributed by atoms with Crippen LogP contribution in [0, 0.1) is 24.1 Å². The molecule has 1 saturated heterocycles. The molecule has 2 aromatic carbocycles. The number of aliphatic carboxylic acids is 1. The average Bonchev–Trinajstić information content (AvgIpc) is 3.42. The summed E-state index contributed by atoms with van der Waals surface area (Å²) in [5.41, 5.74) is 1.19. The van der Waals surface area contributed by atoms with E-state index in [2.05, 4.69) is 10.5 Å². The number of hydrogen-bond donors (Lipinski definition) is 2. The zero-order valence-corrected chi connectivity index (χ0v) is 20.9. The fraction of sp³-hybridized carbons (Fsp3) is 0.393. The van der Waals surface area contributed by atoms with E-state index in [1.54, 1.807) is 26.0 Å². The number of fused-ring (bicyclic) bond motifs is 1. The minimum absolute atomic E-state index is 0.0718. The highest BCUT2D eigenvalue weighted by molar-refractivity contribution is 5.90. The molecule has 3 unspecified atom stereocenters. The summed E-state index contributed by atoms with van der Waals surface area (Å²) in [5, 5.41) is 15.8. The first kappa shape index (κ1) is 25.0. The highest BCUT2D eigenvalue weighted by Gasteiger charge is 2.61. The number of aryl methyl sites for hydroxylation is 1. The Morgan fingerprint density at radius 2 is 2.00 bits per heavy atom. The maximum atomic E-state index is 15.4. The van der Waals surface area contributed by atoms with Crippen molar-refractivity contribution in [3.8, 4) is 11.3 Å². The van der Waals surface area contributed by atoms with Crippen LogP contribution in [0.25, 0.3) is 11.3 Å². The van der Waals surface area contributed by atoms with E-state index in [9.17, 15) is 14.7 Å². The molecule has 0 spiro atoms. The number of anilines is 1. The van der Waals surface area contributed by atoms with Crippen LogP contribution in [0.5, 0.6) is 0 Å². The van der Waals surface area contributed by atoms with Gasteiger partial charge in [0, 0.05) is 16.5 Å². The minimum Gasteiger partial charge on any atom is -0.481 e. The maximum absolute atomic E-state index is 15.4. The largest absolute Gasteiger partial charge is 0.481 e. The Labute approximate surface area is 213 Å². The van der Waals surface area contributed by atoms with Gasteiger partial charge in [-0.05, 0) is 51.2 Å². The molecule has 1 aliphatic carbocycles. The number of rotatable bonds is 7. The van der Waals surface area contributed by atoms with Crippen LogP contribution in [0.3, 0.4) is 0 Å². The summed E-state index contributed by atoms with van der Waals surface area (Å²) in [6, 6.07) is 14.0. The fourth-order valence-electron chi connectivity index (χ4n) is 5.37. The number of carboxylic acids is 1. The van der Waals surface area contributed by atoms with Crippen LogP contribution in [-0.2, 0) is 19.9 Å². The Hall–Kier alpha value is -3.72. The molecule has 4 atom stereocenters. The Morgan fingerprint density at radius 1 is 1.24 bits per heavy atom. The predicted molar refractivity (Wildman–Crippen MR) is 132 cm³/mol. The van der Waals surface area contributed by atoms with Crippen LogP contribution >= 0.6 is 0 Å². The highest BCUT2D eigenvalue weighted by atomic mass is 19.1. The lowest BCUT2D eigenvalue weighted by molar-refractivity contribution is -0.144. The smallest absolute Gasteiger partial charge is 0.412 e. The molecule has 2 aliphatic rings. The predicted octanol–water partition coefficient (Wildman–Crippen LogP) is 6.22. The quantitative estimate of drug-likeness (QED) is 0.390. The lowest BCUT2D eigenvalue weighted by Gasteiger charge is -2.37. The number of carbonyl (C=O) groups is 2. The van der Waals surface area contributed by atoms with Gasteiger partial charge in [0.05, 0.1) is 18.6 Å². The highest BCUT2D eigenvalue weighted by Crippen LogP contribution is 2.64. The van der Waals surface area contributed by atoms with E-state index < -0.39 is 29.6 Å². The zero-order valence-electron chi connectivity index (χ0n) is 20.9. The van der Waals surface area contributed by atoms with Gasteiger partial charge in [0.1, 0.15) is 23.3 Å². The number of amides is 1. The molecule has 37 heavy (non-hydrogen) atoms. The third-order valence-electron chi connectivity index (χ3n) is 7.62. The van der Waals surface area contributed by atoms with Crippen molar-refractivity contribution in [1.82, 2.24) is 5.16 Å². The summed E-state index contributed by atoms with van der Waals surface area (Å²) in [7, 11) is 0. The van der Waals surface area contributed by atoms with Gasteiger partial charge in [-0.3, -0.25) is 10.1 Å². The molecule has 1 aliphatic heterocycles. The van der Waals surface area contributed by atoms with E-state index in [-0.39, 0.29) is 23.5 Å². The van der Waals surface area contributed by atoms with Crippen molar-refractivity contribution in [2.45, 2.75) is 51.7 Å². The Morgan fingerprint density at radius 3 is 2.68 bits per heavy atom. The fourth-order valence-corrected chi connectivity index (χ4v) is 5.37. The third-order valence-corrected chi connectivity index (χ3v) is 7.62. The van der Waals surface area contributed by atoms with Crippen molar-refractivity contribution in [1.29, 1.82) is 0 Å². The molecule has 1 amide bonds. The first-order chi connectivity index (χ1) is 17.6. The molecule has 1 saturated carbocycles. The lowest BCUT2D eigenvalue weighted by Crippen LogP contribution is -2.37. The minimum atomic E-state index is -0.860. The summed E-state index contributed by atoms with van der Waals surface area (Å²) in [5.74, 6) is -0.912. The second-order valence-electron chi connectivity index (χ2n) is 10.3. The van der Waals surface area contributed by atoms with E-state index in [0.29, 0.717) is 35.5 Å². The normalized spacial score (nSPS) is 25.1. The monoisotopic (exact) mass is 508 g/mol. The van der Waals surface area contributed by atoms with Gasteiger partial charge in [0.2, 0.25) is 0 Å². The molecule has 8 nitrogen and oxygen atoms in total. The summed E-state index contributed by atoms with van der Waals surface area (Å²) >= 11 is 0. The molecule has 2 heterocycles. The van der Waals surface area contributed by atoms with Gasteiger partial charge < -0.3 is 19.1 Å². The van der Waals surface area contributed by atoms with Crippen molar-refractivity contribution >= 4 is 17.7 Å². The summed E-state index contributed by atoms with van der Waals surface area (Å²) in [4.78, 5) is 23.8. The topological polar surface area (TPSA) is 111 Å². The Bertz CT molecular complexity index is 1340. The molecule has 2 N–H and O–H groups in total. The number of carbonyl (C=O) groups excluding carboxylic acids is 1. The molecular weight excluding hydrogens is 479 g/mol. The number of ether oxygens (including phenoxy) is 2. The lowest BCUT2D eigenvalue weighted by atomic mass is 9.83. The second kappa shape index (κ2) is 9.30. The van der Waals surface area contributed by atoms with Crippen molar-refractivity contribution in [2.24, 2.45) is 11.3 Å². The van der Waals surface area contributed by atoms with Crippen LogP contribution in [0.15, 0.2) is 53.1 Å². The number of benzene rings is 2. The second-order valence-corrected chi connectivity index (χ2v) is 10.3. The van der Waals surface area contributed by atoms with E-state index in [1.165, 1.54) is 6.07 Å². The molecule has 9 heteroatoms. The van der Waals surface area contributed by atoms with Crippen LogP contribution in [-0.4, -0.2) is 28.9 Å². The number of carboxylic acid groups (broad SMARTS) is 1. The molecule has 1 aromatic heterocycles. The number of nitrogens with one attached hydrogen (secondary N) is 1. The van der Waals surface area contributed by atoms with Gasteiger partial charge in [-0.2, -0.15) is 0 Å². The molecule has 5 rings (SSSR count). The Balaban J connectivity index is 1.31. The number of aromatic nitrogens is 1. The maximum Gasteiger partial charge on any atom is 0.412 e. The summed E-state index contributed by atoms with van der Waals surface area (Å²) < 4.78 is 32.4. The number of hydrogen-bond acceptors (Lipinski definition) is 6. The standard InChI is InChI=1S/C28H29FN2O6/c1-16-24(30-26(34)36-17(2)18-7-5-4-6-8-18)25(37-31-16)19-9-10-21(22(29)11-19)27(3)12-20-13-28(20,15-35-27)14-23(32)33/h4-11,17,20H,12-15H2,1-3H3,(H,30,34)(H,32,33)/t17-,20?,27?,28?/m1/s1. The SMILES string of the molecule is Cc1noc(-c2ccc(C3(C)CC4CC4(CC(=O)O)CO3)c(F)c2)c1NC(=O)O[C@H](C)c1ccccc1. The molecular formula is C28H29FN2O6. The van der Waals surface area contributed by atoms with Gasteiger partial charge in [0.15, 0.2) is 5.76 Å². The van der Waals surface area contributed by atoms with Crippen LogP contribution in [0.2, 0.25) is 0 Å².